The van der Waals surface area contributed by atoms with Gasteiger partial charge in [-0.2, -0.15) is 0 Å². The van der Waals surface area contributed by atoms with Crippen molar-refractivity contribution in [2.45, 2.75) is 12.8 Å². The Hall–Kier alpha value is -1.10. The van der Waals surface area contributed by atoms with Crippen LogP contribution in [0.2, 0.25) is 0 Å². The minimum absolute atomic E-state index is 0.0140. The van der Waals surface area contributed by atoms with E-state index >= 15 is 0 Å². The summed E-state index contributed by atoms with van der Waals surface area (Å²) in [6.45, 7) is 4.07. The first kappa shape index (κ1) is 10.4. The number of amides is 2. The Morgan fingerprint density at radius 1 is 1.33 bits per heavy atom. The number of nitrogens with zero attached hydrogens (tertiary/aromatic N) is 1. The van der Waals surface area contributed by atoms with Crippen molar-refractivity contribution in [2.24, 2.45) is 5.92 Å². The van der Waals surface area contributed by atoms with Gasteiger partial charge in [0.25, 0.3) is 0 Å². The third-order valence-electron chi connectivity index (χ3n) is 3.01. The molecule has 0 bridgehead atoms. The molecule has 2 aliphatic rings. The van der Waals surface area contributed by atoms with Crippen molar-refractivity contribution in [1.82, 2.24) is 15.5 Å². The van der Waals surface area contributed by atoms with Crippen molar-refractivity contribution in [3.8, 4) is 0 Å². The summed E-state index contributed by atoms with van der Waals surface area (Å²) in [5.74, 6) is 0.381. The molecule has 5 nitrogen and oxygen atoms in total. The second kappa shape index (κ2) is 4.61. The zero-order valence-corrected chi connectivity index (χ0v) is 8.79. The van der Waals surface area contributed by atoms with E-state index in [1.807, 2.05) is 4.90 Å². The van der Waals surface area contributed by atoms with Crippen molar-refractivity contribution in [3.05, 3.63) is 0 Å². The molecule has 0 aromatic carbocycles. The van der Waals surface area contributed by atoms with Crippen LogP contribution in [-0.4, -0.2) is 49.4 Å². The minimum atomic E-state index is -0.146. The molecule has 0 aromatic rings. The lowest BCUT2D eigenvalue weighted by molar-refractivity contribution is -0.134. The first-order valence-corrected chi connectivity index (χ1v) is 5.51. The van der Waals surface area contributed by atoms with Gasteiger partial charge in [-0.15, -0.1) is 0 Å². The molecule has 2 aliphatic heterocycles. The summed E-state index contributed by atoms with van der Waals surface area (Å²) in [6.07, 6.45) is 1.14. The summed E-state index contributed by atoms with van der Waals surface area (Å²) in [5.41, 5.74) is 0. The smallest absolute Gasteiger partial charge is 0.232 e. The molecular formula is C10H17N3O2. The van der Waals surface area contributed by atoms with Gasteiger partial charge < -0.3 is 15.5 Å². The molecule has 84 valence electrons. The minimum Gasteiger partial charge on any atom is -0.354 e. The predicted molar refractivity (Wildman–Crippen MR) is 55.2 cm³/mol. The normalized spacial score (nSPS) is 27.7. The Balaban J connectivity index is 1.89. The van der Waals surface area contributed by atoms with E-state index in [4.69, 9.17) is 0 Å². The van der Waals surface area contributed by atoms with Crippen LogP contribution in [-0.2, 0) is 9.59 Å². The number of carbonyl (C=O) groups is 2. The number of hydrogen-bond acceptors (Lipinski definition) is 3. The number of rotatable bonds is 2. The van der Waals surface area contributed by atoms with E-state index < -0.39 is 0 Å². The molecule has 2 heterocycles. The van der Waals surface area contributed by atoms with Gasteiger partial charge in [0.15, 0.2) is 0 Å². The van der Waals surface area contributed by atoms with E-state index in [9.17, 15) is 9.59 Å². The van der Waals surface area contributed by atoms with Gasteiger partial charge in [-0.25, -0.2) is 0 Å². The average Bonchev–Trinajstić information content (AvgIpc) is 2.63. The third-order valence-corrected chi connectivity index (χ3v) is 3.01. The maximum atomic E-state index is 11.7. The van der Waals surface area contributed by atoms with E-state index in [-0.39, 0.29) is 18.2 Å². The van der Waals surface area contributed by atoms with E-state index in [2.05, 4.69) is 10.6 Å². The summed E-state index contributed by atoms with van der Waals surface area (Å²) in [5, 5.41) is 5.99. The molecule has 2 N–H and O–H groups in total. The fourth-order valence-corrected chi connectivity index (χ4v) is 2.14. The molecule has 1 unspecified atom stereocenters. The van der Waals surface area contributed by atoms with Gasteiger partial charge in [0, 0.05) is 19.6 Å². The number of hydrogen-bond donors (Lipinski definition) is 2. The summed E-state index contributed by atoms with van der Waals surface area (Å²) in [6, 6.07) is 0. The summed E-state index contributed by atoms with van der Waals surface area (Å²) in [4.78, 5) is 24.6. The van der Waals surface area contributed by atoms with Crippen LogP contribution in [0.5, 0.6) is 0 Å². The molecule has 2 rings (SSSR count). The van der Waals surface area contributed by atoms with Crippen molar-refractivity contribution >= 4 is 11.8 Å². The van der Waals surface area contributed by atoms with Gasteiger partial charge in [0.2, 0.25) is 11.8 Å². The monoisotopic (exact) mass is 211 g/mol. The molecule has 2 amide bonds. The molecule has 0 aliphatic carbocycles. The fraction of sp³-hybridized carbons (Fsp3) is 0.800. The predicted octanol–water partition coefficient (Wildman–Crippen LogP) is -1.06. The lowest BCUT2D eigenvalue weighted by Gasteiger charge is -2.22. The molecule has 5 heteroatoms. The van der Waals surface area contributed by atoms with Crippen LogP contribution in [0.1, 0.15) is 12.8 Å². The van der Waals surface area contributed by atoms with Crippen LogP contribution >= 0.6 is 0 Å². The largest absolute Gasteiger partial charge is 0.354 e. The first-order chi connectivity index (χ1) is 7.25. The highest BCUT2D eigenvalue weighted by atomic mass is 16.2. The average molecular weight is 211 g/mol. The van der Waals surface area contributed by atoms with Gasteiger partial charge in [0.05, 0.1) is 0 Å². The Morgan fingerprint density at radius 3 is 2.93 bits per heavy atom. The molecule has 0 spiro atoms. The third kappa shape index (κ3) is 2.68. The second-order valence-corrected chi connectivity index (χ2v) is 4.23. The lowest BCUT2D eigenvalue weighted by atomic mass is 10.1. The molecular weight excluding hydrogens is 194 g/mol. The van der Waals surface area contributed by atoms with Crippen LogP contribution in [0.15, 0.2) is 0 Å². The van der Waals surface area contributed by atoms with Gasteiger partial charge >= 0.3 is 0 Å². The van der Waals surface area contributed by atoms with Gasteiger partial charge in [-0.1, -0.05) is 0 Å². The molecule has 2 saturated heterocycles. The van der Waals surface area contributed by atoms with E-state index in [1.165, 1.54) is 0 Å². The fourth-order valence-electron chi connectivity index (χ4n) is 2.14. The maximum absolute atomic E-state index is 11.7. The zero-order valence-electron chi connectivity index (χ0n) is 8.79. The molecule has 0 radical (unpaired) electrons. The molecule has 15 heavy (non-hydrogen) atoms. The summed E-state index contributed by atoms with van der Waals surface area (Å²) in [7, 11) is 0. The molecule has 0 aromatic heterocycles. The standard InChI is InChI=1S/C10H17N3O2/c14-9-5-10(15)13(4-3-12-9)7-8-1-2-11-6-8/h8,11H,1-7H2,(H,12,14). The molecule has 1 atom stereocenters. The molecule has 0 saturated carbocycles. The van der Waals surface area contributed by atoms with Crippen molar-refractivity contribution in [1.29, 1.82) is 0 Å². The van der Waals surface area contributed by atoms with Gasteiger partial charge in [-0.3, -0.25) is 9.59 Å². The molecule has 2 fully saturated rings. The van der Waals surface area contributed by atoms with Crippen molar-refractivity contribution < 1.29 is 9.59 Å². The second-order valence-electron chi connectivity index (χ2n) is 4.23. The lowest BCUT2D eigenvalue weighted by Crippen LogP contribution is -2.37. The van der Waals surface area contributed by atoms with E-state index in [1.54, 1.807) is 0 Å². The topological polar surface area (TPSA) is 61.4 Å². The summed E-state index contributed by atoms with van der Waals surface area (Å²) < 4.78 is 0. The number of carbonyl (C=O) groups excluding carboxylic acids is 2. The Labute approximate surface area is 89.2 Å². The highest BCUT2D eigenvalue weighted by Gasteiger charge is 2.24. The van der Waals surface area contributed by atoms with Crippen LogP contribution < -0.4 is 10.6 Å². The zero-order chi connectivity index (χ0) is 10.7. The van der Waals surface area contributed by atoms with Gasteiger partial charge in [-0.05, 0) is 25.4 Å². The van der Waals surface area contributed by atoms with Crippen LogP contribution in [0.4, 0.5) is 0 Å². The summed E-state index contributed by atoms with van der Waals surface area (Å²) >= 11 is 0. The van der Waals surface area contributed by atoms with Crippen LogP contribution in [0.25, 0.3) is 0 Å². The quantitative estimate of drug-likeness (QED) is 0.573. The van der Waals surface area contributed by atoms with Crippen molar-refractivity contribution in [2.75, 3.05) is 32.7 Å². The van der Waals surface area contributed by atoms with E-state index in [0.717, 1.165) is 26.1 Å². The number of nitrogens with one attached hydrogen (secondary N) is 2. The first-order valence-electron chi connectivity index (χ1n) is 5.51. The van der Waals surface area contributed by atoms with Gasteiger partial charge in [0.1, 0.15) is 6.42 Å². The highest BCUT2D eigenvalue weighted by Crippen LogP contribution is 2.11. The van der Waals surface area contributed by atoms with E-state index in [0.29, 0.717) is 19.0 Å². The van der Waals surface area contributed by atoms with Crippen LogP contribution in [0.3, 0.4) is 0 Å². The SMILES string of the molecule is O=C1CC(=O)N(CC2CCNC2)CCN1. The Kier molecular flexibility index (Phi) is 3.20. The van der Waals surface area contributed by atoms with Crippen LogP contribution in [0, 0.1) is 5.92 Å². The van der Waals surface area contributed by atoms with Crippen molar-refractivity contribution in [3.63, 3.8) is 0 Å². The maximum Gasteiger partial charge on any atom is 0.232 e. The Bertz CT molecular complexity index is 261. The Morgan fingerprint density at radius 2 is 2.20 bits per heavy atom. The highest BCUT2D eigenvalue weighted by molar-refractivity contribution is 5.97.